The highest BCUT2D eigenvalue weighted by Gasteiger charge is 2.05. The average Bonchev–Trinajstić information content (AvgIpc) is 2.50. The van der Waals surface area contributed by atoms with Crippen molar-refractivity contribution in [3.8, 4) is 0 Å². The Balaban J connectivity index is 2.24. The fourth-order valence-electron chi connectivity index (χ4n) is 0.987. The van der Waals surface area contributed by atoms with Gasteiger partial charge in [0.25, 0.3) is 0 Å². The number of anilines is 1. The molecule has 0 aromatic carbocycles. The van der Waals surface area contributed by atoms with E-state index in [0.29, 0.717) is 12.2 Å². The van der Waals surface area contributed by atoms with Gasteiger partial charge in [0.2, 0.25) is 0 Å². The quantitative estimate of drug-likeness (QED) is 0.660. The molecule has 0 saturated carbocycles. The number of hydrogen-bond donors (Lipinski definition) is 2. The Labute approximate surface area is 87.6 Å². The average molecular weight is 213 g/mol. The van der Waals surface area contributed by atoms with Crippen LogP contribution in [-0.2, 0) is 16.1 Å². The number of aromatic nitrogens is 2. The second-order valence-electron chi connectivity index (χ2n) is 3.30. The molecule has 15 heavy (non-hydrogen) atoms. The summed E-state index contributed by atoms with van der Waals surface area (Å²) in [6.45, 7) is 1.90. The van der Waals surface area contributed by atoms with Crippen LogP contribution in [0.25, 0.3) is 0 Å². The Morgan fingerprint density at radius 2 is 2.53 bits per heavy atom. The number of nitrogens with zero attached hydrogens (tertiary/aromatic N) is 2. The van der Waals surface area contributed by atoms with E-state index in [-0.39, 0.29) is 13.2 Å². The van der Waals surface area contributed by atoms with Crippen LogP contribution in [0, 0.1) is 0 Å². The molecule has 1 aromatic rings. The fraction of sp³-hybridized carbons (Fsp3) is 0.556. The highest BCUT2D eigenvalue weighted by Crippen LogP contribution is 1.97. The summed E-state index contributed by atoms with van der Waals surface area (Å²) in [6.07, 6.45) is 1.58. The molecule has 1 atom stereocenters. The summed E-state index contributed by atoms with van der Waals surface area (Å²) in [6, 6.07) is 1.60. The smallest absolute Gasteiger partial charge is 0.327 e. The third-order valence-corrected chi connectivity index (χ3v) is 1.75. The minimum absolute atomic E-state index is 0.0387. The van der Waals surface area contributed by atoms with Crippen LogP contribution in [0.1, 0.15) is 13.3 Å². The van der Waals surface area contributed by atoms with Crippen molar-refractivity contribution < 1.29 is 14.6 Å². The standard InChI is InChI=1S/C9H15N3O3/c1-7(13)3-5-15-9(14)6-12-4-2-8(10)11-12/h2,4,7,13H,3,5-6H2,1H3,(H2,10,11). The molecule has 1 rings (SSSR count). The second kappa shape index (κ2) is 5.35. The number of carbonyl (C=O) groups is 1. The highest BCUT2D eigenvalue weighted by atomic mass is 16.5. The van der Waals surface area contributed by atoms with Gasteiger partial charge in [-0.15, -0.1) is 0 Å². The maximum Gasteiger partial charge on any atom is 0.327 e. The fourth-order valence-corrected chi connectivity index (χ4v) is 0.987. The van der Waals surface area contributed by atoms with Crippen LogP contribution in [0.15, 0.2) is 12.3 Å². The van der Waals surface area contributed by atoms with E-state index in [4.69, 9.17) is 15.6 Å². The Bertz CT molecular complexity index is 322. The molecule has 84 valence electrons. The maximum absolute atomic E-state index is 11.2. The van der Waals surface area contributed by atoms with Crippen molar-refractivity contribution in [2.75, 3.05) is 12.3 Å². The molecule has 0 aliphatic carbocycles. The van der Waals surface area contributed by atoms with Gasteiger partial charge in [0.05, 0.1) is 12.7 Å². The number of nitrogens with two attached hydrogens (primary N) is 1. The number of carbonyl (C=O) groups excluding carboxylic acids is 1. The Kier molecular flexibility index (Phi) is 4.11. The molecule has 0 aliphatic heterocycles. The monoisotopic (exact) mass is 213 g/mol. The highest BCUT2D eigenvalue weighted by molar-refractivity contribution is 5.69. The van der Waals surface area contributed by atoms with Crippen molar-refractivity contribution in [3.05, 3.63) is 12.3 Å². The summed E-state index contributed by atoms with van der Waals surface area (Å²) in [7, 11) is 0. The minimum atomic E-state index is -0.460. The summed E-state index contributed by atoms with van der Waals surface area (Å²) < 4.78 is 6.27. The molecular weight excluding hydrogens is 198 g/mol. The van der Waals surface area contributed by atoms with Crippen molar-refractivity contribution in [3.63, 3.8) is 0 Å². The van der Waals surface area contributed by atoms with Gasteiger partial charge in [0.1, 0.15) is 12.4 Å². The summed E-state index contributed by atoms with van der Waals surface area (Å²) in [4.78, 5) is 11.2. The van der Waals surface area contributed by atoms with E-state index < -0.39 is 12.1 Å². The van der Waals surface area contributed by atoms with Gasteiger partial charge < -0.3 is 15.6 Å². The second-order valence-corrected chi connectivity index (χ2v) is 3.30. The lowest BCUT2D eigenvalue weighted by atomic mass is 10.3. The molecule has 0 amide bonds. The van der Waals surface area contributed by atoms with Gasteiger partial charge in [-0.1, -0.05) is 0 Å². The zero-order valence-electron chi connectivity index (χ0n) is 8.59. The third-order valence-electron chi connectivity index (χ3n) is 1.75. The molecule has 0 spiro atoms. The molecule has 0 aliphatic rings. The van der Waals surface area contributed by atoms with Gasteiger partial charge in [-0.25, -0.2) is 0 Å². The number of esters is 1. The molecule has 0 radical (unpaired) electrons. The first-order valence-corrected chi connectivity index (χ1v) is 4.70. The molecule has 1 unspecified atom stereocenters. The van der Waals surface area contributed by atoms with E-state index in [0.717, 1.165) is 0 Å². The summed E-state index contributed by atoms with van der Waals surface area (Å²) >= 11 is 0. The molecular formula is C9H15N3O3. The van der Waals surface area contributed by atoms with E-state index in [2.05, 4.69) is 5.10 Å². The van der Waals surface area contributed by atoms with E-state index in [1.165, 1.54) is 4.68 Å². The van der Waals surface area contributed by atoms with Crippen LogP contribution >= 0.6 is 0 Å². The van der Waals surface area contributed by atoms with Crippen molar-refractivity contribution in [1.82, 2.24) is 9.78 Å². The summed E-state index contributed by atoms with van der Waals surface area (Å²) in [5.74, 6) is -0.0227. The zero-order valence-corrected chi connectivity index (χ0v) is 8.59. The summed E-state index contributed by atoms with van der Waals surface area (Å²) in [5.41, 5.74) is 5.38. The summed E-state index contributed by atoms with van der Waals surface area (Å²) in [5, 5.41) is 12.8. The molecule has 1 heterocycles. The van der Waals surface area contributed by atoms with Crippen molar-refractivity contribution in [1.29, 1.82) is 0 Å². The number of aliphatic hydroxyl groups excluding tert-OH is 1. The number of ether oxygens (including phenoxy) is 1. The van der Waals surface area contributed by atoms with Gasteiger partial charge in [-0.2, -0.15) is 5.10 Å². The van der Waals surface area contributed by atoms with Crippen LogP contribution in [0.2, 0.25) is 0 Å². The largest absolute Gasteiger partial charge is 0.464 e. The number of nitrogen functional groups attached to an aromatic ring is 1. The molecule has 1 aromatic heterocycles. The van der Waals surface area contributed by atoms with Gasteiger partial charge >= 0.3 is 5.97 Å². The SMILES string of the molecule is CC(O)CCOC(=O)Cn1ccc(N)n1. The number of aliphatic hydroxyl groups is 1. The topological polar surface area (TPSA) is 90.4 Å². The molecule has 0 fully saturated rings. The Hall–Kier alpha value is -1.56. The van der Waals surface area contributed by atoms with E-state index >= 15 is 0 Å². The van der Waals surface area contributed by atoms with Gasteiger partial charge in [0, 0.05) is 12.6 Å². The van der Waals surface area contributed by atoms with Gasteiger partial charge in [0.15, 0.2) is 0 Å². The lowest BCUT2D eigenvalue weighted by Crippen LogP contribution is -2.16. The first kappa shape index (κ1) is 11.5. The van der Waals surface area contributed by atoms with E-state index in [1.807, 2.05) is 0 Å². The molecule has 6 heteroatoms. The van der Waals surface area contributed by atoms with Crippen LogP contribution < -0.4 is 5.73 Å². The molecule has 0 bridgehead atoms. The molecule has 6 nitrogen and oxygen atoms in total. The van der Waals surface area contributed by atoms with E-state index in [1.54, 1.807) is 19.2 Å². The van der Waals surface area contributed by atoms with Crippen molar-refractivity contribution in [2.45, 2.75) is 26.0 Å². The zero-order chi connectivity index (χ0) is 11.3. The Morgan fingerprint density at radius 1 is 1.80 bits per heavy atom. The van der Waals surface area contributed by atoms with Crippen LogP contribution in [0.4, 0.5) is 5.82 Å². The van der Waals surface area contributed by atoms with Gasteiger partial charge in [-0.05, 0) is 13.0 Å². The molecule has 0 saturated heterocycles. The lowest BCUT2D eigenvalue weighted by Gasteiger charge is -2.06. The Morgan fingerprint density at radius 3 is 3.07 bits per heavy atom. The predicted molar refractivity (Wildman–Crippen MR) is 53.9 cm³/mol. The maximum atomic E-state index is 11.2. The first-order valence-electron chi connectivity index (χ1n) is 4.70. The minimum Gasteiger partial charge on any atom is -0.464 e. The lowest BCUT2D eigenvalue weighted by molar-refractivity contribution is -0.145. The van der Waals surface area contributed by atoms with Gasteiger partial charge in [-0.3, -0.25) is 9.48 Å². The van der Waals surface area contributed by atoms with Crippen LogP contribution in [0.3, 0.4) is 0 Å². The normalized spacial score (nSPS) is 12.4. The molecule has 3 N–H and O–H groups in total. The third kappa shape index (κ3) is 4.46. The first-order chi connectivity index (χ1) is 7.08. The number of rotatable bonds is 5. The number of hydrogen-bond acceptors (Lipinski definition) is 5. The van der Waals surface area contributed by atoms with E-state index in [9.17, 15) is 4.79 Å². The van der Waals surface area contributed by atoms with Crippen LogP contribution in [-0.4, -0.2) is 33.6 Å². The van der Waals surface area contributed by atoms with Crippen LogP contribution in [0.5, 0.6) is 0 Å². The van der Waals surface area contributed by atoms with Crippen molar-refractivity contribution in [2.24, 2.45) is 0 Å². The van der Waals surface area contributed by atoms with Crippen molar-refractivity contribution >= 4 is 11.8 Å². The predicted octanol–water partition coefficient (Wildman–Crippen LogP) is -0.221.